The second kappa shape index (κ2) is 13.1. The van der Waals surface area contributed by atoms with E-state index in [1.807, 2.05) is 36.1 Å². The Labute approximate surface area is 235 Å². The molecular weight excluding hydrogens is 516 g/mol. The summed E-state index contributed by atoms with van der Waals surface area (Å²) in [5.41, 5.74) is 4.02. The standard InChI is InChI=1S/C29H37ClN6O3/c1-5-21-16-20(6-8-23(21)29(38)36-14-12-35(13-15-36)11-10-34(2)3)18-32-28(37)27-31-19-26(33-27)24-9-7-22(39-4)17-25(24)30/h6-9,16-17,19H,5,10-15,18H2,1-4H3,(H,31,33)(H,32,37). The summed E-state index contributed by atoms with van der Waals surface area (Å²) in [6.45, 7) is 7.66. The van der Waals surface area contributed by atoms with E-state index in [0.29, 0.717) is 23.0 Å². The number of benzene rings is 2. The van der Waals surface area contributed by atoms with Crippen LogP contribution in [-0.2, 0) is 13.0 Å². The summed E-state index contributed by atoms with van der Waals surface area (Å²) in [4.78, 5) is 39.9. The number of likely N-dealkylation sites (N-methyl/N-ethyl adjacent to an activating group) is 1. The van der Waals surface area contributed by atoms with Crippen molar-refractivity contribution in [2.75, 3.05) is 60.5 Å². The molecule has 1 aliphatic heterocycles. The highest BCUT2D eigenvalue weighted by Crippen LogP contribution is 2.30. The number of hydrogen-bond donors (Lipinski definition) is 2. The summed E-state index contributed by atoms with van der Waals surface area (Å²) in [6.07, 6.45) is 2.32. The number of amides is 2. The second-order valence-corrected chi connectivity index (χ2v) is 10.4. The number of halogens is 1. The van der Waals surface area contributed by atoms with Gasteiger partial charge in [0.2, 0.25) is 0 Å². The molecule has 1 saturated heterocycles. The van der Waals surface area contributed by atoms with Gasteiger partial charge >= 0.3 is 0 Å². The Morgan fingerprint density at radius 3 is 2.56 bits per heavy atom. The van der Waals surface area contributed by atoms with Crippen LogP contribution in [0.1, 0.15) is 39.0 Å². The van der Waals surface area contributed by atoms with Gasteiger partial charge in [0, 0.05) is 56.9 Å². The van der Waals surface area contributed by atoms with Gasteiger partial charge in [-0.3, -0.25) is 14.5 Å². The van der Waals surface area contributed by atoms with Crippen LogP contribution in [0.25, 0.3) is 11.3 Å². The molecule has 0 unspecified atom stereocenters. The van der Waals surface area contributed by atoms with E-state index in [1.54, 1.807) is 25.4 Å². The van der Waals surface area contributed by atoms with E-state index >= 15 is 0 Å². The minimum absolute atomic E-state index is 0.0787. The molecule has 2 heterocycles. The van der Waals surface area contributed by atoms with Crippen LogP contribution in [0.5, 0.6) is 5.75 Å². The van der Waals surface area contributed by atoms with Gasteiger partial charge in [-0.2, -0.15) is 0 Å². The SMILES string of the molecule is CCc1cc(CNC(=O)c2ncc(-c3ccc(OC)cc3Cl)[nH]2)ccc1C(=O)N1CCN(CCN(C)C)CC1. The molecule has 208 valence electrons. The average molecular weight is 553 g/mol. The molecule has 2 amide bonds. The molecule has 0 aliphatic carbocycles. The predicted molar refractivity (Wildman–Crippen MR) is 153 cm³/mol. The van der Waals surface area contributed by atoms with Gasteiger partial charge < -0.3 is 24.8 Å². The van der Waals surface area contributed by atoms with E-state index in [9.17, 15) is 9.59 Å². The van der Waals surface area contributed by atoms with Gasteiger partial charge in [-0.05, 0) is 55.9 Å². The number of imidazole rings is 1. The predicted octanol–water partition coefficient (Wildman–Crippen LogP) is 3.55. The van der Waals surface area contributed by atoms with E-state index < -0.39 is 0 Å². The molecule has 1 aliphatic rings. The van der Waals surface area contributed by atoms with E-state index in [0.717, 1.165) is 67.9 Å². The number of hydrogen-bond acceptors (Lipinski definition) is 6. The Hall–Kier alpha value is -3.40. The van der Waals surface area contributed by atoms with Crippen molar-refractivity contribution in [1.29, 1.82) is 0 Å². The zero-order chi connectivity index (χ0) is 27.9. The quantitative estimate of drug-likeness (QED) is 0.399. The number of carbonyl (C=O) groups is 2. The van der Waals surface area contributed by atoms with Gasteiger partial charge in [0.1, 0.15) is 5.75 Å². The number of ether oxygens (including phenoxy) is 1. The molecule has 1 aromatic heterocycles. The Morgan fingerprint density at radius 2 is 1.90 bits per heavy atom. The molecule has 10 heteroatoms. The first-order valence-corrected chi connectivity index (χ1v) is 13.6. The normalized spacial score (nSPS) is 14.1. The third-order valence-corrected chi connectivity index (χ3v) is 7.33. The molecular formula is C29H37ClN6O3. The lowest BCUT2D eigenvalue weighted by Gasteiger charge is -2.35. The van der Waals surface area contributed by atoms with Crippen molar-refractivity contribution in [3.8, 4) is 17.0 Å². The van der Waals surface area contributed by atoms with Gasteiger partial charge in [-0.25, -0.2) is 4.98 Å². The van der Waals surface area contributed by atoms with Crippen molar-refractivity contribution in [2.45, 2.75) is 19.9 Å². The number of aryl methyl sites for hydroxylation is 1. The van der Waals surface area contributed by atoms with Crippen molar-refractivity contribution in [2.24, 2.45) is 0 Å². The van der Waals surface area contributed by atoms with Crippen LogP contribution in [0.4, 0.5) is 0 Å². The second-order valence-electron chi connectivity index (χ2n) is 9.96. The molecule has 0 spiro atoms. The zero-order valence-corrected chi connectivity index (χ0v) is 23.8. The highest BCUT2D eigenvalue weighted by atomic mass is 35.5. The average Bonchev–Trinajstić information content (AvgIpc) is 3.44. The molecule has 0 radical (unpaired) electrons. The molecule has 4 rings (SSSR count). The van der Waals surface area contributed by atoms with Crippen LogP contribution in [0.2, 0.25) is 5.02 Å². The first-order chi connectivity index (χ1) is 18.8. The fraction of sp³-hybridized carbons (Fsp3) is 0.414. The van der Waals surface area contributed by atoms with Crippen molar-refractivity contribution >= 4 is 23.4 Å². The van der Waals surface area contributed by atoms with Crippen LogP contribution in [-0.4, -0.2) is 97.0 Å². The lowest BCUT2D eigenvalue weighted by Crippen LogP contribution is -2.50. The summed E-state index contributed by atoms with van der Waals surface area (Å²) < 4.78 is 5.19. The molecule has 2 aromatic carbocycles. The maximum absolute atomic E-state index is 13.3. The van der Waals surface area contributed by atoms with Crippen LogP contribution >= 0.6 is 11.6 Å². The van der Waals surface area contributed by atoms with Crippen LogP contribution in [0, 0.1) is 0 Å². The number of rotatable bonds is 10. The molecule has 1 fully saturated rings. The molecule has 2 N–H and O–H groups in total. The fourth-order valence-electron chi connectivity index (χ4n) is 4.63. The third kappa shape index (κ3) is 7.17. The number of aromatic amines is 1. The third-order valence-electron chi connectivity index (χ3n) is 7.01. The van der Waals surface area contributed by atoms with Crippen molar-refractivity contribution in [3.05, 3.63) is 70.1 Å². The molecule has 0 saturated carbocycles. The molecule has 0 bridgehead atoms. The van der Waals surface area contributed by atoms with Gasteiger partial charge in [0.05, 0.1) is 24.0 Å². The van der Waals surface area contributed by atoms with Gasteiger partial charge in [-0.15, -0.1) is 0 Å². The minimum Gasteiger partial charge on any atom is -0.497 e. The maximum atomic E-state index is 13.3. The lowest BCUT2D eigenvalue weighted by atomic mass is 10.00. The highest BCUT2D eigenvalue weighted by molar-refractivity contribution is 6.33. The van der Waals surface area contributed by atoms with Crippen LogP contribution in [0.15, 0.2) is 42.6 Å². The number of piperazine rings is 1. The highest BCUT2D eigenvalue weighted by Gasteiger charge is 2.23. The fourth-order valence-corrected chi connectivity index (χ4v) is 4.90. The summed E-state index contributed by atoms with van der Waals surface area (Å²) in [5, 5.41) is 3.41. The van der Waals surface area contributed by atoms with E-state index in [-0.39, 0.29) is 17.6 Å². The zero-order valence-electron chi connectivity index (χ0n) is 23.1. The molecule has 3 aromatic rings. The number of nitrogens with one attached hydrogen (secondary N) is 2. The molecule has 9 nitrogen and oxygen atoms in total. The van der Waals surface area contributed by atoms with E-state index in [1.165, 1.54) is 0 Å². The van der Waals surface area contributed by atoms with Gasteiger partial charge in [0.15, 0.2) is 5.82 Å². The first kappa shape index (κ1) is 28.6. The number of H-pyrrole nitrogens is 1. The van der Waals surface area contributed by atoms with Crippen LogP contribution in [0.3, 0.4) is 0 Å². The van der Waals surface area contributed by atoms with Crippen molar-refractivity contribution < 1.29 is 14.3 Å². The number of aromatic nitrogens is 2. The topological polar surface area (TPSA) is 93.8 Å². The summed E-state index contributed by atoms with van der Waals surface area (Å²) >= 11 is 6.36. The lowest BCUT2D eigenvalue weighted by molar-refractivity contribution is 0.0628. The van der Waals surface area contributed by atoms with Gasteiger partial charge in [0.25, 0.3) is 11.8 Å². The van der Waals surface area contributed by atoms with Crippen molar-refractivity contribution in [3.63, 3.8) is 0 Å². The smallest absolute Gasteiger partial charge is 0.287 e. The summed E-state index contributed by atoms with van der Waals surface area (Å²) in [7, 11) is 5.73. The monoisotopic (exact) mass is 552 g/mol. The van der Waals surface area contributed by atoms with Crippen molar-refractivity contribution in [1.82, 2.24) is 30.0 Å². The Bertz CT molecular complexity index is 1300. The van der Waals surface area contributed by atoms with E-state index in [4.69, 9.17) is 16.3 Å². The summed E-state index contributed by atoms with van der Waals surface area (Å²) in [5.74, 6) is 0.605. The van der Waals surface area contributed by atoms with E-state index in [2.05, 4.69) is 39.2 Å². The number of methoxy groups -OCH3 is 1. The first-order valence-electron chi connectivity index (χ1n) is 13.2. The minimum atomic E-state index is -0.323. The Morgan fingerprint density at radius 1 is 1.13 bits per heavy atom. The maximum Gasteiger partial charge on any atom is 0.287 e. The molecule has 0 atom stereocenters. The Balaban J connectivity index is 1.35. The number of nitrogens with zero attached hydrogens (tertiary/aromatic N) is 4. The Kier molecular flexibility index (Phi) is 9.61. The number of carbonyl (C=O) groups excluding carboxylic acids is 2. The largest absolute Gasteiger partial charge is 0.497 e. The summed E-state index contributed by atoms with van der Waals surface area (Å²) in [6, 6.07) is 11.1. The van der Waals surface area contributed by atoms with Crippen LogP contribution < -0.4 is 10.1 Å². The molecule has 39 heavy (non-hydrogen) atoms. The van der Waals surface area contributed by atoms with Gasteiger partial charge in [-0.1, -0.05) is 30.7 Å².